The summed E-state index contributed by atoms with van der Waals surface area (Å²) in [5.74, 6) is -0.0320. The molecule has 0 aromatic heterocycles. The summed E-state index contributed by atoms with van der Waals surface area (Å²) < 4.78 is 0. The van der Waals surface area contributed by atoms with Crippen molar-refractivity contribution in [2.45, 2.75) is 46.6 Å². The molecule has 0 unspecified atom stereocenters. The second-order valence-electron chi connectivity index (χ2n) is 5.52. The third-order valence-electron chi connectivity index (χ3n) is 3.42. The summed E-state index contributed by atoms with van der Waals surface area (Å²) in [6.07, 6.45) is 1.77. The predicted octanol–water partition coefficient (Wildman–Crippen LogP) is 3.38. The summed E-state index contributed by atoms with van der Waals surface area (Å²) in [5.41, 5.74) is 0.246. The monoisotopic (exact) mass is 279 g/mol. The van der Waals surface area contributed by atoms with Gasteiger partial charge in [-0.1, -0.05) is 27.7 Å². The molecule has 0 fully saturated rings. The van der Waals surface area contributed by atoms with E-state index in [-0.39, 0.29) is 29.0 Å². The summed E-state index contributed by atoms with van der Waals surface area (Å²) in [7, 11) is 0. The number of nitrogens with zero attached hydrogens (tertiary/aromatic N) is 1. The van der Waals surface area contributed by atoms with Crippen LogP contribution in [0.25, 0.3) is 0 Å². The second-order valence-corrected chi connectivity index (χ2v) is 5.52. The Hall–Kier alpha value is -1.71. The minimum absolute atomic E-state index is 0.0445. The van der Waals surface area contributed by atoms with Crippen LogP contribution < -0.4 is 0 Å². The first-order valence-corrected chi connectivity index (χ1v) is 7.23. The molecule has 20 heavy (non-hydrogen) atoms. The molecule has 1 aromatic rings. The molecule has 0 saturated carbocycles. The smallest absolute Gasteiger partial charge is 0.257 e. The SMILES string of the molecule is CCC(CC)N(CC(C)C)C(=O)c1ccc(O)cc1O. The Morgan fingerprint density at radius 2 is 1.80 bits per heavy atom. The number of rotatable bonds is 6. The number of benzene rings is 1. The fraction of sp³-hybridized carbons (Fsp3) is 0.562. The van der Waals surface area contributed by atoms with Crippen molar-refractivity contribution >= 4 is 5.91 Å². The third kappa shape index (κ3) is 3.89. The van der Waals surface area contributed by atoms with Crippen LogP contribution in [0.5, 0.6) is 11.5 Å². The van der Waals surface area contributed by atoms with Crippen molar-refractivity contribution in [3.05, 3.63) is 23.8 Å². The fourth-order valence-corrected chi connectivity index (χ4v) is 2.38. The predicted molar refractivity (Wildman–Crippen MR) is 80.0 cm³/mol. The Bertz CT molecular complexity index is 453. The molecule has 0 heterocycles. The summed E-state index contributed by atoms with van der Waals surface area (Å²) in [4.78, 5) is 14.5. The molecule has 1 rings (SSSR count). The fourth-order valence-electron chi connectivity index (χ4n) is 2.38. The molecule has 4 nitrogen and oxygen atoms in total. The number of phenols is 2. The molecule has 0 saturated heterocycles. The molecule has 0 atom stereocenters. The van der Waals surface area contributed by atoms with Crippen LogP contribution >= 0.6 is 0 Å². The largest absolute Gasteiger partial charge is 0.508 e. The van der Waals surface area contributed by atoms with Crippen LogP contribution in [-0.4, -0.2) is 33.6 Å². The molecule has 4 heteroatoms. The maximum Gasteiger partial charge on any atom is 0.257 e. The van der Waals surface area contributed by atoms with Crippen molar-refractivity contribution in [3.63, 3.8) is 0 Å². The van der Waals surface area contributed by atoms with Crippen molar-refractivity contribution in [1.82, 2.24) is 4.90 Å². The molecule has 0 radical (unpaired) electrons. The van der Waals surface area contributed by atoms with Crippen molar-refractivity contribution in [1.29, 1.82) is 0 Å². The van der Waals surface area contributed by atoms with Gasteiger partial charge in [-0.2, -0.15) is 0 Å². The summed E-state index contributed by atoms with van der Waals surface area (Å²) >= 11 is 0. The summed E-state index contributed by atoms with van der Waals surface area (Å²) in [5, 5.41) is 19.2. The highest BCUT2D eigenvalue weighted by molar-refractivity contribution is 5.97. The molecule has 0 aliphatic rings. The lowest BCUT2D eigenvalue weighted by molar-refractivity contribution is 0.0637. The van der Waals surface area contributed by atoms with Crippen LogP contribution in [0.15, 0.2) is 18.2 Å². The molecule has 112 valence electrons. The molecule has 1 aromatic carbocycles. The molecular formula is C16H25NO3. The number of aromatic hydroxyl groups is 2. The van der Waals surface area contributed by atoms with Gasteiger partial charge in [-0.25, -0.2) is 0 Å². The highest BCUT2D eigenvalue weighted by Crippen LogP contribution is 2.25. The first-order valence-electron chi connectivity index (χ1n) is 7.23. The van der Waals surface area contributed by atoms with Gasteiger partial charge in [0, 0.05) is 18.7 Å². The first kappa shape index (κ1) is 16.3. The van der Waals surface area contributed by atoms with Gasteiger partial charge in [0.2, 0.25) is 0 Å². The molecule has 0 bridgehead atoms. The highest BCUT2D eigenvalue weighted by atomic mass is 16.3. The number of phenolic OH excluding ortho intramolecular Hbond substituents is 2. The molecular weight excluding hydrogens is 254 g/mol. The summed E-state index contributed by atoms with van der Waals surface area (Å²) in [6.45, 7) is 8.92. The van der Waals surface area contributed by atoms with E-state index in [0.29, 0.717) is 12.5 Å². The minimum Gasteiger partial charge on any atom is -0.508 e. The average Bonchev–Trinajstić information content (AvgIpc) is 2.37. The average molecular weight is 279 g/mol. The van der Waals surface area contributed by atoms with Gasteiger partial charge < -0.3 is 15.1 Å². The van der Waals surface area contributed by atoms with E-state index in [1.165, 1.54) is 18.2 Å². The lowest BCUT2D eigenvalue weighted by Crippen LogP contribution is -2.42. The Labute approximate surface area is 121 Å². The van der Waals surface area contributed by atoms with Crippen molar-refractivity contribution in [3.8, 4) is 11.5 Å². The molecule has 2 N–H and O–H groups in total. The van der Waals surface area contributed by atoms with Crippen LogP contribution in [0.2, 0.25) is 0 Å². The van der Waals surface area contributed by atoms with Gasteiger partial charge in [-0.05, 0) is 30.9 Å². The molecule has 1 amide bonds. The van der Waals surface area contributed by atoms with Crippen molar-refractivity contribution in [2.75, 3.05) is 6.54 Å². The Morgan fingerprint density at radius 3 is 2.25 bits per heavy atom. The van der Waals surface area contributed by atoms with E-state index in [1.54, 1.807) is 0 Å². The van der Waals surface area contributed by atoms with Gasteiger partial charge >= 0.3 is 0 Å². The standard InChI is InChI=1S/C16H25NO3/c1-5-12(6-2)17(10-11(3)4)16(20)14-8-7-13(18)9-15(14)19/h7-9,11-12,18-19H,5-6,10H2,1-4H3. The van der Waals surface area contributed by atoms with Gasteiger partial charge in [-0.3, -0.25) is 4.79 Å². The molecule has 0 aliphatic heterocycles. The zero-order valence-electron chi connectivity index (χ0n) is 12.8. The Kier molecular flexibility index (Phi) is 5.86. The maximum atomic E-state index is 12.7. The number of carbonyl (C=O) groups is 1. The maximum absolute atomic E-state index is 12.7. The minimum atomic E-state index is -0.176. The van der Waals surface area contributed by atoms with E-state index in [9.17, 15) is 15.0 Å². The van der Waals surface area contributed by atoms with Crippen LogP contribution in [0, 0.1) is 5.92 Å². The normalized spacial score (nSPS) is 11.1. The van der Waals surface area contributed by atoms with Gasteiger partial charge in [-0.15, -0.1) is 0 Å². The topological polar surface area (TPSA) is 60.8 Å². The summed E-state index contributed by atoms with van der Waals surface area (Å²) in [6, 6.07) is 4.27. The van der Waals surface area contributed by atoms with Gasteiger partial charge in [0.1, 0.15) is 11.5 Å². The van der Waals surface area contributed by atoms with E-state index < -0.39 is 0 Å². The van der Waals surface area contributed by atoms with Crippen molar-refractivity contribution < 1.29 is 15.0 Å². The van der Waals surface area contributed by atoms with Crippen molar-refractivity contribution in [2.24, 2.45) is 5.92 Å². The van der Waals surface area contributed by atoms with E-state index in [0.717, 1.165) is 12.8 Å². The van der Waals surface area contributed by atoms with Gasteiger partial charge in [0.15, 0.2) is 0 Å². The number of carbonyl (C=O) groups excluding carboxylic acids is 1. The van der Waals surface area contributed by atoms with E-state index in [4.69, 9.17) is 0 Å². The van der Waals surface area contributed by atoms with Gasteiger partial charge in [0.05, 0.1) is 5.56 Å². The quantitative estimate of drug-likeness (QED) is 0.839. The lowest BCUT2D eigenvalue weighted by atomic mass is 10.0. The zero-order chi connectivity index (χ0) is 15.3. The highest BCUT2D eigenvalue weighted by Gasteiger charge is 2.25. The number of hydrogen-bond donors (Lipinski definition) is 2. The van der Waals surface area contributed by atoms with Crippen LogP contribution in [0.4, 0.5) is 0 Å². The van der Waals surface area contributed by atoms with Crippen LogP contribution in [0.1, 0.15) is 50.9 Å². The van der Waals surface area contributed by atoms with E-state index >= 15 is 0 Å². The van der Waals surface area contributed by atoms with Crippen LogP contribution in [-0.2, 0) is 0 Å². The zero-order valence-corrected chi connectivity index (χ0v) is 12.8. The molecule has 0 spiro atoms. The third-order valence-corrected chi connectivity index (χ3v) is 3.42. The molecule has 0 aliphatic carbocycles. The Morgan fingerprint density at radius 1 is 1.20 bits per heavy atom. The Balaban J connectivity index is 3.09. The second kappa shape index (κ2) is 7.17. The van der Waals surface area contributed by atoms with Gasteiger partial charge in [0.25, 0.3) is 5.91 Å². The van der Waals surface area contributed by atoms with E-state index in [1.807, 2.05) is 4.90 Å². The number of amides is 1. The van der Waals surface area contributed by atoms with Crippen LogP contribution in [0.3, 0.4) is 0 Å². The lowest BCUT2D eigenvalue weighted by Gasteiger charge is -2.32. The van der Waals surface area contributed by atoms with E-state index in [2.05, 4.69) is 27.7 Å². The number of hydrogen-bond acceptors (Lipinski definition) is 3. The first-order chi connectivity index (χ1) is 9.40.